The molecule has 8 nitrogen and oxygen atoms in total. The molecule has 0 aliphatic heterocycles. The lowest BCUT2D eigenvalue weighted by atomic mass is 10.1. The highest BCUT2D eigenvalue weighted by Gasteiger charge is 2.28. The highest BCUT2D eigenvalue weighted by molar-refractivity contribution is 7.99. The van der Waals surface area contributed by atoms with Crippen molar-refractivity contribution >= 4 is 56.4 Å². The average molecular weight is 562 g/mol. The van der Waals surface area contributed by atoms with Gasteiger partial charge < -0.3 is 19.9 Å². The lowest BCUT2D eigenvalue weighted by Crippen LogP contribution is -2.15. The lowest BCUT2D eigenvalue weighted by molar-refractivity contribution is -0.115. The quantitative estimate of drug-likeness (QED) is 0.123. The second-order valence-electron chi connectivity index (χ2n) is 9.11. The predicted molar refractivity (Wildman–Crippen MR) is 158 cm³/mol. The van der Waals surface area contributed by atoms with Crippen LogP contribution >= 0.6 is 23.1 Å². The van der Waals surface area contributed by atoms with Crippen LogP contribution in [0.2, 0.25) is 0 Å². The average Bonchev–Trinajstić information content (AvgIpc) is 3.63. The predicted octanol–water partition coefficient (Wildman–Crippen LogP) is 6.08. The van der Waals surface area contributed by atoms with Gasteiger partial charge in [0.25, 0.3) is 0 Å². The van der Waals surface area contributed by atoms with Gasteiger partial charge in [0.1, 0.15) is 5.00 Å². The Kier molecular flexibility index (Phi) is 8.63. The van der Waals surface area contributed by atoms with Crippen molar-refractivity contribution < 1.29 is 14.3 Å². The highest BCUT2D eigenvalue weighted by atomic mass is 32.2. The van der Waals surface area contributed by atoms with Gasteiger partial charge in [0.2, 0.25) is 5.91 Å². The van der Waals surface area contributed by atoms with Crippen molar-refractivity contribution in [1.82, 2.24) is 14.8 Å². The minimum absolute atomic E-state index is 0.138. The van der Waals surface area contributed by atoms with Crippen molar-refractivity contribution in [3.05, 3.63) is 76.9 Å². The second kappa shape index (κ2) is 12.5. The fourth-order valence-electron chi connectivity index (χ4n) is 4.76. The van der Waals surface area contributed by atoms with E-state index < -0.39 is 0 Å². The van der Waals surface area contributed by atoms with Crippen LogP contribution in [0, 0.1) is 0 Å². The van der Waals surface area contributed by atoms with E-state index in [4.69, 9.17) is 4.74 Å². The molecule has 0 atom stereocenters. The topological polar surface area (TPSA) is 98.1 Å². The summed E-state index contributed by atoms with van der Waals surface area (Å²) in [5.74, 6) is 0.823. The number of carbonyl (C=O) groups is 2. The Morgan fingerprint density at radius 3 is 2.87 bits per heavy atom. The van der Waals surface area contributed by atoms with Gasteiger partial charge in [-0.2, -0.15) is 0 Å². The zero-order valence-corrected chi connectivity index (χ0v) is 23.5. The summed E-state index contributed by atoms with van der Waals surface area (Å²) in [6, 6.07) is 14.4. The van der Waals surface area contributed by atoms with Crippen molar-refractivity contribution in [2.45, 2.75) is 50.9 Å². The van der Waals surface area contributed by atoms with E-state index in [9.17, 15) is 9.59 Å². The van der Waals surface area contributed by atoms with Crippen molar-refractivity contribution in [3.63, 3.8) is 0 Å². The Morgan fingerprint density at radius 1 is 1.18 bits per heavy atom. The van der Waals surface area contributed by atoms with Gasteiger partial charge in [0.15, 0.2) is 11.0 Å². The number of anilines is 2. The molecule has 4 aromatic rings. The Hall–Kier alpha value is -3.63. The van der Waals surface area contributed by atoms with E-state index in [-0.39, 0.29) is 18.3 Å². The number of benzene rings is 2. The van der Waals surface area contributed by atoms with Gasteiger partial charge in [0.05, 0.1) is 18.7 Å². The number of allylic oxidation sites excluding steroid dienone is 1. The number of hydrogen-bond donors (Lipinski definition) is 2. The van der Waals surface area contributed by atoms with E-state index in [1.165, 1.54) is 33.4 Å². The Balaban J connectivity index is 1.20. The molecule has 10 heteroatoms. The summed E-state index contributed by atoms with van der Waals surface area (Å²) < 4.78 is 7.27. The maximum absolute atomic E-state index is 12.8. The number of hydrogen-bond acceptors (Lipinski definition) is 8. The number of carbonyl (C=O) groups excluding carboxylic acids is 2. The van der Waals surface area contributed by atoms with Crippen molar-refractivity contribution in [2.24, 2.45) is 0 Å². The van der Waals surface area contributed by atoms with Crippen molar-refractivity contribution in [2.75, 3.05) is 23.0 Å². The molecule has 0 radical (unpaired) electrons. The second-order valence-corrected chi connectivity index (χ2v) is 11.3. The molecule has 0 saturated carbocycles. The number of aromatic nitrogens is 3. The van der Waals surface area contributed by atoms with Crippen LogP contribution in [0.5, 0.6) is 0 Å². The maximum Gasteiger partial charge on any atom is 0.341 e. The number of thiophene rings is 1. The molecule has 1 amide bonds. The summed E-state index contributed by atoms with van der Waals surface area (Å²) >= 11 is 2.97. The third-order valence-corrected chi connectivity index (χ3v) is 8.72. The van der Waals surface area contributed by atoms with Crippen LogP contribution in [-0.4, -0.2) is 39.0 Å². The number of thioether (sulfide) groups is 1. The molecule has 2 N–H and O–H groups in total. The SMILES string of the molecule is C=CCn1c(CNc2cccc3ccccc23)nnc1SCCC(=O)Nc1sc2c(c1C(=O)OCC)CCC2. The first-order valence-electron chi connectivity index (χ1n) is 13.1. The Labute approximate surface area is 235 Å². The summed E-state index contributed by atoms with van der Waals surface area (Å²) in [4.78, 5) is 26.6. The van der Waals surface area contributed by atoms with E-state index in [1.54, 1.807) is 6.92 Å². The first-order chi connectivity index (χ1) is 19.1. The summed E-state index contributed by atoms with van der Waals surface area (Å²) in [5.41, 5.74) is 2.60. The minimum Gasteiger partial charge on any atom is -0.462 e. The third kappa shape index (κ3) is 6.02. The van der Waals surface area contributed by atoms with Crippen molar-refractivity contribution in [3.8, 4) is 0 Å². The van der Waals surface area contributed by atoms with E-state index >= 15 is 0 Å². The standard InChI is InChI=1S/C29H31N5O3S2/c1-3-16-34-24(18-30-22-13-7-10-19-9-5-6-11-20(19)22)32-33-29(34)38-17-15-25(35)31-27-26(28(36)37-4-2)21-12-8-14-23(21)39-27/h3,5-7,9-11,13,30H,1,4,8,12,14-18H2,2H3,(H,31,35). The first-order valence-corrected chi connectivity index (χ1v) is 14.9. The van der Waals surface area contributed by atoms with Crippen LogP contribution in [0.15, 0.2) is 60.3 Å². The minimum atomic E-state index is -0.358. The van der Waals surface area contributed by atoms with E-state index in [0.29, 0.717) is 36.0 Å². The lowest BCUT2D eigenvalue weighted by Gasteiger charge is -2.11. The van der Waals surface area contributed by atoms with Gasteiger partial charge in [-0.05, 0) is 43.2 Å². The molecule has 1 aliphatic rings. The molecule has 39 heavy (non-hydrogen) atoms. The third-order valence-electron chi connectivity index (χ3n) is 6.55. The van der Waals surface area contributed by atoms with Crippen LogP contribution in [0.25, 0.3) is 10.8 Å². The fourth-order valence-corrected chi connectivity index (χ4v) is 6.96. The first kappa shape index (κ1) is 27.0. The molecule has 0 bridgehead atoms. The number of nitrogens with one attached hydrogen (secondary N) is 2. The van der Waals surface area contributed by atoms with Crippen molar-refractivity contribution in [1.29, 1.82) is 0 Å². The number of amides is 1. The molecule has 2 heterocycles. The monoisotopic (exact) mass is 561 g/mol. The van der Waals surface area contributed by atoms with Gasteiger partial charge in [-0.25, -0.2) is 4.79 Å². The Bertz CT molecular complexity index is 1500. The molecule has 2 aromatic carbocycles. The van der Waals surface area contributed by atoms with Crippen LogP contribution in [-0.2, 0) is 35.5 Å². The maximum atomic E-state index is 12.8. The number of rotatable bonds is 12. The van der Waals surface area contributed by atoms with Crippen LogP contribution < -0.4 is 10.6 Å². The summed E-state index contributed by atoms with van der Waals surface area (Å²) in [7, 11) is 0. The molecule has 0 unspecified atom stereocenters. The molecule has 202 valence electrons. The molecule has 2 aromatic heterocycles. The number of fused-ring (bicyclic) bond motifs is 2. The molecule has 0 spiro atoms. The summed E-state index contributed by atoms with van der Waals surface area (Å²) in [5, 5.41) is 18.9. The van der Waals surface area contributed by atoms with Gasteiger partial charge in [-0.3, -0.25) is 4.79 Å². The van der Waals surface area contributed by atoms with E-state index in [2.05, 4.69) is 51.7 Å². The van der Waals surface area contributed by atoms with E-state index in [1.807, 2.05) is 28.8 Å². The zero-order valence-electron chi connectivity index (χ0n) is 21.9. The molecule has 1 aliphatic carbocycles. The van der Waals surface area contributed by atoms with Crippen LogP contribution in [0.3, 0.4) is 0 Å². The van der Waals surface area contributed by atoms with Crippen LogP contribution in [0.4, 0.5) is 10.7 Å². The molecule has 0 fully saturated rings. The smallest absolute Gasteiger partial charge is 0.341 e. The van der Waals surface area contributed by atoms with Crippen LogP contribution in [0.1, 0.15) is 46.4 Å². The largest absolute Gasteiger partial charge is 0.462 e. The highest BCUT2D eigenvalue weighted by Crippen LogP contribution is 2.39. The van der Waals surface area contributed by atoms with E-state index in [0.717, 1.165) is 46.9 Å². The summed E-state index contributed by atoms with van der Waals surface area (Å²) in [6.07, 6.45) is 4.91. The molecular weight excluding hydrogens is 530 g/mol. The molecule has 0 saturated heterocycles. The molecule has 5 rings (SSSR count). The summed E-state index contributed by atoms with van der Waals surface area (Å²) in [6.45, 7) is 7.05. The van der Waals surface area contributed by atoms with Gasteiger partial charge in [-0.15, -0.1) is 28.1 Å². The number of nitrogens with zero attached hydrogens (tertiary/aromatic N) is 3. The Morgan fingerprint density at radius 2 is 2.03 bits per heavy atom. The number of aryl methyl sites for hydroxylation is 1. The van der Waals surface area contributed by atoms with Gasteiger partial charge in [0, 0.05) is 34.7 Å². The number of ether oxygens (including phenoxy) is 1. The fraction of sp³-hybridized carbons (Fsp3) is 0.310. The number of esters is 1. The van der Waals surface area contributed by atoms with Gasteiger partial charge in [-0.1, -0.05) is 54.2 Å². The van der Waals surface area contributed by atoms with Gasteiger partial charge >= 0.3 is 5.97 Å². The molecular formula is C29H31N5O3S2. The zero-order chi connectivity index (χ0) is 27.2. The normalized spacial score (nSPS) is 12.3.